The Morgan fingerprint density at radius 3 is 2.67 bits per heavy atom. The molecule has 0 unspecified atom stereocenters. The second-order valence-electron chi connectivity index (χ2n) is 6.96. The van der Waals surface area contributed by atoms with Gasteiger partial charge in [0.2, 0.25) is 5.95 Å². The van der Waals surface area contributed by atoms with Crippen LogP contribution >= 0.6 is 0 Å². The number of methoxy groups -OCH3 is 1. The van der Waals surface area contributed by atoms with Gasteiger partial charge in [-0.05, 0) is 42.8 Å². The van der Waals surface area contributed by atoms with Crippen molar-refractivity contribution < 1.29 is 14.3 Å². The van der Waals surface area contributed by atoms with E-state index in [9.17, 15) is 4.79 Å². The van der Waals surface area contributed by atoms with E-state index < -0.39 is 0 Å². The van der Waals surface area contributed by atoms with Crippen LogP contribution in [0.4, 0.5) is 11.6 Å². The fraction of sp³-hybridized carbons (Fsp3) is 0.261. The van der Waals surface area contributed by atoms with E-state index in [4.69, 9.17) is 15.9 Å². The van der Waals surface area contributed by atoms with Gasteiger partial charge >= 0.3 is 0 Å². The van der Waals surface area contributed by atoms with Crippen molar-refractivity contribution in [2.24, 2.45) is 0 Å². The Hall–Kier alpha value is -3.63. The molecule has 30 heavy (non-hydrogen) atoms. The number of morpholine rings is 1. The SMILES string of the molecule is C#Cc1cc(OC)c2nc(Nc3ccc(C(=O)N4CCOCC4)cc3)ncc2c1C. The monoisotopic (exact) mass is 402 g/mol. The lowest BCUT2D eigenvalue weighted by molar-refractivity contribution is 0.0303. The van der Waals surface area contributed by atoms with E-state index in [1.54, 1.807) is 36.4 Å². The third-order valence-corrected chi connectivity index (χ3v) is 5.17. The Morgan fingerprint density at radius 1 is 1.27 bits per heavy atom. The van der Waals surface area contributed by atoms with E-state index in [1.165, 1.54) is 0 Å². The highest BCUT2D eigenvalue weighted by atomic mass is 16.5. The molecule has 1 saturated heterocycles. The van der Waals surface area contributed by atoms with E-state index in [1.807, 2.05) is 19.1 Å². The average Bonchev–Trinajstić information content (AvgIpc) is 2.80. The molecule has 1 N–H and O–H groups in total. The highest BCUT2D eigenvalue weighted by Gasteiger charge is 2.18. The summed E-state index contributed by atoms with van der Waals surface area (Å²) >= 11 is 0. The van der Waals surface area contributed by atoms with Crippen molar-refractivity contribution in [3.8, 4) is 18.1 Å². The van der Waals surface area contributed by atoms with Gasteiger partial charge in [0.25, 0.3) is 5.91 Å². The molecule has 0 saturated carbocycles. The van der Waals surface area contributed by atoms with Crippen LogP contribution < -0.4 is 10.1 Å². The molecule has 152 valence electrons. The van der Waals surface area contributed by atoms with Gasteiger partial charge < -0.3 is 19.7 Å². The van der Waals surface area contributed by atoms with Gasteiger partial charge in [0.1, 0.15) is 11.3 Å². The number of carbonyl (C=O) groups excluding carboxylic acids is 1. The fourth-order valence-electron chi connectivity index (χ4n) is 3.44. The number of aromatic nitrogens is 2. The lowest BCUT2D eigenvalue weighted by Gasteiger charge is -2.26. The van der Waals surface area contributed by atoms with Crippen LogP contribution in [0.1, 0.15) is 21.5 Å². The number of aryl methyl sites for hydroxylation is 1. The summed E-state index contributed by atoms with van der Waals surface area (Å²) in [4.78, 5) is 23.4. The van der Waals surface area contributed by atoms with E-state index >= 15 is 0 Å². The lowest BCUT2D eigenvalue weighted by atomic mass is 10.0. The first kappa shape index (κ1) is 19.7. The minimum atomic E-state index is 0.0105. The molecular formula is C23H22N4O3. The number of fused-ring (bicyclic) bond motifs is 1. The highest BCUT2D eigenvalue weighted by molar-refractivity contribution is 5.94. The number of nitrogens with zero attached hydrogens (tertiary/aromatic N) is 3. The minimum Gasteiger partial charge on any atom is -0.494 e. The van der Waals surface area contributed by atoms with Crippen molar-refractivity contribution >= 4 is 28.4 Å². The fourth-order valence-corrected chi connectivity index (χ4v) is 3.44. The molecule has 2 aromatic carbocycles. The molecule has 1 aliphatic rings. The van der Waals surface area contributed by atoms with Gasteiger partial charge in [-0.1, -0.05) is 5.92 Å². The number of ether oxygens (including phenoxy) is 2. The quantitative estimate of drug-likeness (QED) is 0.676. The van der Waals surface area contributed by atoms with E-state index in [2.05, 4.69) is 21.2 Å². The maximum absolute atomic E-state index is 12.6. The van der Waals surface area contributed by atoms with Gasteiger partial charge in [0.05, 0.1) is 20.3 Å². The number of amides is 1. The first-order valence-corrected chi connectivity index (χ1v) is 9.65. The summed E-state index contributed by atoms with van der Waals surface area (Å²) in [5.41, 5.74) is 3.80. The van der Waals surface area contributed by atoms with Gasteiger partial charge in [-0.25, -0.2) is 9.97 Å². The molecule has 0 aliphatic carbocycles. The highest BCUT2D eigenvalue weighted by Crippen LogP contribution is 2.30. The van der Waals surface area contributed by atoms with Gasteiger partial charge in [0, 0.05) is 41.5 Å². The molecule has 4 rings (SSSR count). The molecule has 1 aromatic heterocycles. The molecule has 7 heteroatoms. The third kappa shape index (κ3) is 3.78. The number of terminal acetylenes is 1. The minimum absolute atomic E-state index is 0.0105. The number of benzene rings is 2. The Balaban J connectivity index is 1.57. The molecular weight excluding hydrogens is 380 g/mol. The van der Waals surface area contributed by atoms with Crippen LogP contribution in [0, 0.1) is 19.3 Å². The van der Waals surface area contributed by atoms with Crippen LogP contribution in [0.25, 0.3) is 10.9 Å². The van der Waals surface area contributed by atoms with E-state index in [-0.39, 0.29) is 5.91 Å². The Morgan fingerprint density at radius 2 is 2.00 bits per heavy atom. The standard InChI is InChI=1S/C23H22N4O3/c1-4-16-13-20(29-3)21-19(15(16)2)14-24-23(26-21)25-18-7-5-17(6-8-18)22(28)27-9-11-30-12-10-27/h1,5-8,13-14H,9-12H2,2-3H3,(H,24,25,26). The van der Waals surface area contributed by atoms with Gasteiger partial charge in [-0.3, -0.25) is 4.79 Å². The number of rotatable bonds is 4. The zero-order valence-corrected chi connectivity index (χ0v) is 16.9. The van der Waals surface area contributed by atoms with Crippen molar-refractivity contribution in [3.63, 3.8) is 0 Å². The molecule has 0 atom stereocenters. The van der Waals surface area contributed by atoms with Crippen molar-refractivity contribution in [3.05, 3.63) is 53.2 Å². The van der Waals surface area contributed by atoms with Crippen molar-refractivity contribution in [2.75, 3.05) is 38.7 Å². The van der Waals surface area contributed by atoms with Crippen molar-refractivity contribution in [1.82, 2.24) is 14.9 Å². The zero-order valence-electron chi connectivity index (χ0n) is 16.9. The molecule has 0 radical (unpaired) electrons. The molecule has 7 nitrogen and oxygen atoms in total. The number of anilines is 2. The van der Waals surface area contributed by atoms with Crippen LogP contribution in [0.5, 0.6) is 5.75 Å². The topological polar surface area (TPSA) is 76.6 Å². The Kier molecular flexibility index (Phi) is 5.50. The molecule has 1 aliphatic heterocycles. The summed E-state index contributed by atoms with van der Waals surface area (Å²) in [7, 11) is 1.59. The van der Waals surface area contributed by atoms with Gasteiger partial charge in [0.15, 0.2) is 0 Å². The number of nitrogens with one attached hydrogen (secondary N) is 1. The normalized spacial score (nSPS) is 13.7. The van der Waals surface area contributed by atoms with Crippen LogP contribution in [-0.2, 0) is 4.74 Å². The Labute approximate surface area is 175 Å². The summed E-state index contributed by atoms with van der Waals surface area (Å²) < 4.78 is 10.8. The number of hydrogen-bond donors (Lipinski definition) is 1. The van der Waals surface area contributed by atoms with Crippen molar-refractivity contribution in [2.45, 2.75) is 6.92 Å². The predicted octanol–water partition coefficient (Wildman–Crippen LogP) is 3.14. The van der Waals surface area contributed by atoms with E-state index in [0.29, 0.717) is 49.1 Å². The maximum Gasteiger partial charge on any atom is 0.254 e. The summed E-state index contributed by atoms with van der Waals surface area (Å²) in [5.74, 6) is 3.70. The number of carbonyl (C=O) groups is 1. The second-order valence-corrected chi connectivity index (χ2v) is 6.96. The van der Waals surface area contributed by atoms with E-state index in [0.717, 1.165) is 22.2 Å². The molecule has 1 fully saturated rings. The van der Waals surface area contributed by atoms with Crippen molar-refractivity contribution in [1.29, 1.82) is 0 Å². The van der Waals surface area contributed by atoms with Crippen LogP contribution in [0.3, 0.4) is 0 Å². The first-order valence-electron chi connectivity index (χ1n) is 9.65. The summed E-state index contributed by atoms with van der Waals surface area (Å²) in [6, 6.07) is 9.08. The maximum atomic E-state index is 12.6. The van der Waals surface area contributed by atoms with Crippen LogP contribution in [0.15, 0.2) is 36.5 Å². The molecule has 0 spiro atoms. The Bertz CT molecular complexity index is 1130. The summed E-state index contributed by atoms with van der Waals surface area (Å²) in [5, 5.41) is 4.02. The summed E-state index contributed by atoms with van der Waals surface area (Å²) in [6.45, 7) is 4.34. The van der Waals surface area contributed by atoms with Crippen LogP contribution in [-0.4, -0.2) is 54.2 Å². The van der Waals surface area contributed by atoms with Gasteiger partial charge in [-0.2, -0.15) is 0 Å². The average molecular weight is 402 g/mol. The largest absolute Gasteiger partial charge is 0.494 e. The molecule has 1 amide bonds. The van der Waals surface area contributed by atoms with Crippen LogP contribution in [0.2, 0.25) is 0 Å². The lowest BCUT2D eigenvalue weighted by Crippen LogP contribution is -2.40. The van der Waals surface area contributed by atoms with Gasteiger partial charge in [-0.15, -0.1) is 6.42 Å². The zero-order chi connectivity index (χ0) is 21.1. The predicted molar refractivity (Wildman–Crippen MR) is 115 cm³/mol. The number of hydrogen-bond acceptors (Lipinski definition) is 6. The smallest absolute Gasteiger partial charge is 0.254 e. The third-order valence-electron chi connectivity index (χ3n) is 5.17. The molecule has 2 heterocycles. The first-order chi connectivity index (χ1) is 14.6. The second kappa shape index (κ2) is 8.39. The molecule has 3 aromatic rings. The summed E-state index contributed by atoms with van der Waals surface area (Å²) in [6.07, 6.45) is 7.32. The molecule has 0 bridgehead atoms.